The lowest BCUT2D eigenvalue weighted by Gasteiger charge is -2.24. The van der Waals surface area contributed by atoms with Gasteiger partial charge in [0.15, 0.2) is 1.41 Å². The standard InChI is InChI=1S/C15H17ClFNO4S/c1-2-22-15(19)11-5-3-4-6-14(11)23(20,21)18-13-8-7-10(17)9-12(13)16/h5,7-9,14,18H,2-4,6H2,1H3/t14-/m1/s1/i3D2,5D/hD. The lowest BCUT2D eigenvalue weighted by Crippen LogP contribution is -2.34. The summed E-state index contributed by atoms with van der Waals surface area (Å²) in [7, 11) is -4.60. The van der Waals surface area contributed by atoms with Gasteiger partial charge in [-0.3, -0.25) is 4.72 Å². The zero-order chi connectivity index (χ0) is 20.6. The third-order valence-corrected chi connectivity index (χ3v) is 5.01. The van der Waals surface area contributed by atoms with Crippen molar-refractivity contribution >= 4 is 33.3 Å². The average molecular weight is 366 g/mol. The van der Waals surface area contributed by atoms with Crippen molar-refractivity contribution in [3.63, 3.8) is 0 Å². The highest BCUT2D eigenvalue weighted by atomic mass is 35.5. The minimum Gasteiger partial charge on any atom is -0.463 e. The molecule has 1 atom stereocenters. The summed E-state index contributed by atoms with van der Waals surface area (Å²) in [5.74, 6) is -1.85. The Hall–Kier alpha value is -1.60. The molecule has 1 N–H and O–H groups in total. The van der Waals surface area contributed by atoms with Gasteiger partial charge < -0.3 is 4.74 Å². The van der Waals surface area contributed by atoms with E-state index < -0.39 is 45.1 Å². The largest absolute Gasteiger partial charge is 0.463 e. The van der Waals surface area contributed by atoms with Crippen molar-refractivity contribution in [2.75, 3.05) is 11.3 Å². The second-order valence-electron chi connectivity index (χ2n) is 4.67. The van der Waals surface area contributed by atoms with E-state index in [1.807, 2.05) is 0 Å². The molecule has 5 nitrogen and oxygen atoms in total. The molecular formula is C15H17ClFNO4S. The summed E-state index contributed by atoms with van der Waals surface area (Å²) in [6.45, 7) is 1.39. The molecule has 0 aromatic heterocycles. The molecule has 0 saturated heterocycles. The Labute approximate surface area is 145 Å². The Kier molecular flexibility index (Phi) is 4.06. The molecule has 0 aliphatic heterocycles. The Morgan fingerprint density at radius 1 is 1.65 bits per heavy atom. The minimum absolute atomic E-state index is 0.0623. The Bertz CT molecular complexity index is 894. The molecule has 126 valence electrons. The summed E-state index contributed by atoms with van der Waals surface area (Å²) in [6, 6.07) is 1.97. The fourth-order valence-electron chi connectivity index (χ4n) is 2.03. The molecule has 8 heteroatoms. The van der Waals surface area contributed by atoms with Gasteiger partial charge in [-0.25, -0.2) is 17.6 Å². The third kappa shape index (κ3) is 4.23. The van der Waals surface area contributed by atoms with Crippen LogP contribution in [0.1, 0.15) is 30.3 Å². The maximum atomic E-state index is 13.2. The van der Waals surface area contributed by atoms with Crippen molar-refractivity contribution in [3.8, 4) is 0 Å². The van der Waals surface area contributed by atoms with Crippen molar-refractivity contribution in [2.24, 2.45) is 0 Å². The maximum Gasteiger partial charge on any atom is 0.335 e. The van der Waals surface area contributed by atoms with Crippen LogP contribution < -0.4 is 4.72 Å². The molecule has 23 heavy (non-hydrogen) atoms. The van der Waals surface area contributed by atoms with Crippen LogP contribution in [-0.2, 0) is 19.6 Å². The molecule has 0 saturated carbocycles. The van der Waals surface area contributed by atoms with E-state index in [1.165, 1.54) is 6.92 Å². The van der Waals surface area contributed by atoms with Crippen LogP contribution in [0.25, 0.3) is 0 Å². The van der Waals surface area contributed by atoms with Gasteiger partial charge in [-0.1, -0.05) is 17.7 Å². The van der Waals surface area contributed by atoms with Crippen molar-refractivity contribution in [3.05, 3.63) is 40.7 Å². The quantitative estimate of drug-likeness (QED) is 0.813. The van der Waals surface area contributed by atoms with Crippen molar-refractivity contribution in [2.45, 2.75) is 31.4 Å². The second-order valence-corrected chi connectivity index (χ2v) is 6.85. The number of halogens is 2. The topological polar surface area (TPSA) is 72.5 Å². The van der Waals surface area contributed by atoms with Gasteiger partial charge in [0.25, 0.3) is 0 Å². The van der Waals surface area contributed by atoms with E-state index in [1.54, 1.807) is 0 Å². The van der Waals surface area contributed by atoms with Crippen molar-refractivity contribution in [1.29, 1.82) is 0 Å². The van der Waals surface area contributed by atoms with E-state index in [2.05, 4.69) is 0 Å². The Morgan fingerprint density at radius 2 is 2.39 bits per heavy atom. The predicted molar refractivity (Wildman–Crippen MR) is 86.3 cm³/mol. The van der Waals surface area contributed by atoms with Gasteiger partial charge in [0, 0.05) is 2.74 Å². The normalized spacial score (nSPS) is 23.3. The van der Waals surface area contributed by atoms with Crippen LogP contribution in [0.15, 0.2) is 29.8 Å². The van der Waals surface area contributed by atoms with E-state index in [0.29, 0.717) is 0 Å². The van der Waals surface area contributed by atoms with Crippen LogP contribution in [0.5, 0.6) is 0 Å². The summed E-state index contributed by atoms with van der Waals surface area (Å²) >= 11 is 5.83. The highest BCUT2D eigenvalue weighted by Crippen LogP contribution is 2.30. The molecule has 0 fully saturated rings. The molecule has 0 spiro atoms. The zero-order valence-electron chi connectivity index (χ0n) is 16.2. The first-order chi connectivity index (χ1) is 12.4. The number of ether oxygens (including phenoxy) is 1. The van der Waals surface area contributed by atoms with E-state index in [0.717, 1.165) is 18.2 Å². The summed E-state index contributed by atoms with van der Waals surface area (Å²) in [5.41, 5.74) is -0.982. The molecule has 0 amide bonds. The molecule has 0 heterocycles. The molecule has 0 bridgehead atoms. The van der Waals surface area contributed by atoms with Crippen LogP contribution in [0, 0.1) is 5.82 Å². The van der Waals surface area contributed by atoms with Crippen LogP contribution in [-0.4, -0.2) is 26.2 Å². The highest BCUT2D eigenvalue weighted by Gasteiger charge is 2.35. The molecule has 0 unspecified atom stereocenters. The second kappa shape index (κ2) is 7.31. The van der Waals surface area contributed by atoms with Gasteiger partial charge in [-0.15, -0.1) is 0 Å². The van der Waals surface area contributed by atoms with Crippen LogP contribution in [0.2, 0.25) is 6.43 Å². The first-order valence-corrected chi connectivity index (χ1v) is 8.68. The maximum absolute atomic E-state index is 13.2. The SMILES string of the molecule is [2H]C1=C(C(=O)OCC)[C@H](S(=O)(=O)N([2H])c2ccc(F)cc2Cl)CCC1([2H])[2H]. The summed E-state index contributed by atoms with van der Waals surface area (Å²) in [6.07, 6.45) is -2.86. The number of allylic oxidation sites excluding steroid dienone is 1. The summed E-state index contributed by atoms with van der Waals surface area (Å²) < 4.78 is 75.5. The van der Waals surface area contributed by atoms with Gasteiger partial charge in [0.2, 0.25) is 10.0 Å². The fraction of sp³-hybridized carbons (Fsp3) is 0.400. The predicted octanol–water partition coefficient (Wildman–Crippen LogP) is 3.26. The van der Waals surface area contributed by atoms with Crippen LogP contribution in [0.3, 0.4) is 0 Å². The Morgan fingerprint density at radius 3 is 3.04 bits per heavy atom. The fourth-order valence-corrected chi connectivity index (χ4v) is 3.72. The number of sulfonamides is 1. The molecule has 1 aromatic carbocycles. The minimum atomic E-state index is -4.60. The van der Waals surface area contributed by atoms with E-state index in [4.69, 9.17) is 21.9 Å². The number of carbonyl (C=O) groups excluding carboxylic acids is 1. The number of nitrogens with one attached hydrogen (secondary N) is 1. The molecule has 1 aromatic rings. The van der Waals surface area contributed by atoms with Crippen LogP contribution in [0.4, 0.5) is 10.1 Å². The van der Waals surface area contributed by atoms with E-state index >= 15 is 0 Å². The number of benzene rings is 1. The molecule has 2 rings (SSSR count). The van der Waals surface area contributed by atoms with Crippen molar-refractivity contribution in [1.82, 2.24) is 0 Å². The van der Waals surface area contributed by atoms with Crippen molar-refractivity contribution < 1.29 is 27.9 Å². The number of carbonyl (C=O) groups is 1. The summed E-state index contributed by atoms with van der Waals surface area (Å²) in [5, 5.41) is -1.99. The smallest absolute Gasteiger partial charge is 0.335 e. The number of hydrogen-bond donors (Lipinski definition) is 1. The molecule has 1 aliphatic rings. The van der Waals surface area contributed by atoms with E-state index in [-0.39, 0.29) is 34.9 Å². The molecular weight excluding hydrogens is 345 g/mol. The van der Waals surface area contributed by atoms with Gasteiger partial charge in [-0.2, -0.15) is 0 Å². The number of rotatable bonds is 5. The molecule has 0 radical (unpaired) electrons. The monoisotopic (exact) mass is 365 g/mol. The number of hydrogen-bond acceptors (Lipinski definition) is 4. The van der Waals surface area contributed by atoms with E-state index in [9.17, 15) is 17.6 Å². The lowest BCUT2D eigenvalue weighted by atomic mass is 9.99. The van der Waals surface area contributed by atoms with Gasteiger partial charge >= 0.3 is 5.97 Å². The third-order valence-electron chi connectivity index (χ3n) is 3.07. The van der Waals surface area contributed by atoms with Gasteiger partial charge in [-0.05, 0) is 44.3 Å². The summed E-state index contributed by atoms with van der Waals surface area (Å²) in [4.78, 5) is 12.2. The average Bonchev–Trinajstić information content (AvgIpc) is 2.56. The zero-order valence-corrected chi connectivity index (χ0v) is 13.7. The highest BCUT2D eigenvalue weighted by molar-refractivity contribution is 7.93. The van der Waals surface area contributed by atoms with Crippen LogP contribution >= 0.6 is 11.6 Å². The lowest BCUT2D eigenvalue weighted by molar-refractivity contribution is -0.138. The first-order valence-electron chi connectivity index (χ1n) is 8.74. The first kappa shape index (κ1) is 12.8. The molecule has 1 aliphatic carbocycles. The number of anilines is 1. The van der Waals surface area contributed by atoms with Gasteiger partial charge in [0.05, 0.1) is 24.3 Å². The Balaban J connectivity index is 2.55. The van der Waals surface area contributed by atoms with Gasteiger partial charge in [0.1, 0.15) is 11.1 Å². The number of esters is 1.